The van der Waals surface area contributed by atoms with Crippen molar-refractivity contribution in [3.63, 3.8) is 0 Å². The summed E-state index contributed by atoms with van der Waals surface area (Å²) in [5, 5.41) is 19.1. The van der Waals surface area contributed by atoms with Crippen molar-refractivity contribution in [3.05, 3.63) is 34.2 Å². The number of anilines is 1. The Kier molecular flexibility index (Phi) is 5.48. The zero-order chi connectivity index (χ0) is 21.3. The van der Waals surface area contributed by atoms with E-state index in [9.17, 15) is 20.0 Å². The van der Waals surface area contributed by atoms with Gasteiger partial charge in [0.1, 0.15) is 22.9 Å². The van der Waals surface area contributed by atoms with Gasteiger partial charge in [-0.2, -0.15) is 5.26 Å². The lowest BCUT2D eigenvalue weighted by molar-refractivity contribution is 0.00706. The maximum absolute atomic E-state index is 12.5. The van der Waals surface area contributed by atoms with Gasteiger partial charge in [0.2, 0.25) is 0 Å². The normalized spacial score (nSPS) is 17.3. The first-order chi connectivity index (χ1) is 13.6. The molecule has 0 aromatic carbocycles. The van der Waals surface area contributed by atoms with Crippen LogP contribution in [0.4, 0.5) is 10.5 Å². The first-order valence-electron chi connectivity index (χ1n) is 9.41. The minimum atomic E-state index is -0.631. The van der Waals surface area contributed by atoms with E-state index < -0.39 is 17.7 Å². The summed E-state index contributed by atoms with van der Waals surface area (Å²) >= 11 is 0. The van der Waals surface area contributed by atoms with Crippen molar-refractivity contribution < 1.29 is 14.6 Å². The average molecular weight is 399 g/mol. The minimum absolute atomic E-state index is 0.200. The molecule has 1 N–H and O–H groups in total. The lowest BCUT2D eigenvalue weighted by Crippen LogP contribution is -2.57. The van der Waals surface area contributed by atoms with Gasteiger partial charge < -0.3 is 19.3 Å². The zero-order valence-electron chi connectivity index (χ0n) is 17.0. The highest BCUT2D eigenvalue weighted by Crippen LogP contribution is 2.26. The van der Waals surface area contributed by atoms with E-state index in [-0.39, 0.29) is 17.9 Å². The number of amides is 1. The van der Waals surface area contributed by atoms with Crippen LogP contribution in [0.1, 0.15) is 26.5 Å². The van der Waals surface area contributed by atoms with Gasteiger partial charge in [0.15, 0.2) is 0 Å². The third-order valence-electron chi connectivity index (χ3n) is 4.85. The summed E-state index contributed by atoms with van der Waals surface area (Å²) in [6.07, 6.45) is -0.477. The van der Waals surface area contributed by atoms with Crippen LogP contribution in [-0.4, -0.2) is 63.5 Å². The van der Waals surface area contributed by atoms with E-state index in [1.807, 2.05) is 11.0 Å². The van der Waals surface area contributed by atoms with E-state index in [2.05, 4.69) is 4.98 Å². The van der Waals surface area contributed by atoms with Crippen LogP contribution >= 0.6 is 0 Å². The summed E-state index contributed by atoms with van der Waals surface area (Å²) in [5.74, 6) is 0. The molecule has 3 rings (SSSR count). The van der Waals surface area contributed by atoms with E-state index in [4.69, 9.17) is 4.74 Å². The molecule has 9 nitrogen and oxygen atoms in total. The van der Waals surface area contributed by atoms with Crippen LogP contribution in [0.2, 0.25) is 0 Å². The largest absolute Gasteiger partial charge is 0.444 e. The molecule has 154 valence electrons. The second-order valence-electron chi connectivity index (χ2n) is 8.06. The zero-order valence-corrected chi connectivity index (χ0v) is 17.0. The number of nitrogens with zero attached hydrogens (tertiary/aromatic N) is 5. The maximum atomic E-state index is 12.5. The molecular formula is C20H25N5O4. The van der Waals surface area contributed by atoms with Crippen LogP contribution in [0, 0.1) is 11.3 Å². The first kappa shape index (κ1) is 20.6. The highest BCUT2D eigenvalue weighted by Gasteiger charge is 2.34. The fourth-order valence-electron chi connectivity index (χ4n) is 3.41. The molecule has 0 saturated carbocycles. The maximum Gasteiger partial charge on any atom is 0.410 e. The highest BCUT2D eigenvalue weighted by atomic mass is 16.6. The molecule has 2 aromatic heterocycles. The lowest BCUT2D eigenvalue weighted by Gasteiger charge is -2.42. The van der Waals surface area contributed by atoms with Gasteiger partial charge in [-0.1, -0.05) is 0 Å². The molecule has 0 bridgehead atoms. The van der Waals surface area contributed by atoms with Crippen LogP contribution < -0.4 is 10.5 Å². The number of ether oxygens (including phenoxy) is 1. The second-order valence-corrected chi connectivity index (χ2v) is 8.06. The third-order valence-corrected chi connectivity index (χ3v) is 4.85. The predicted molar refractivity (Wildman–Crippen MR) is 108 cm³/mol. The molecular weight excluding hydrogens is 374 g/mol. The molecule has 9 heteroatoms. The summed E-state index contributed by atoms with van der Waals surface area (Å²) in [7, 11) is 1.65. The molecule has 1 fully saturated rings. The summed E-state index contributed by atoms with van der Waals surface area (Å²) in [6, 6.07) is 6.28. The van der Waals surface area contributed by atoms with Gasteiger partial charge in [-0.25, -0.2) is 9.78 Å². The Morgan fingerprint density at radius 1 is 1.38 bits per heavy atom. The molecule has 3 heterocycles. The second kappa shape index (κ2) is 7.72. The average Bonchev–Trinajstić information content (AvgIpc) is 2.68. The van der Waals surface area contributed by atoms with Gasteiger partial charge in [-0.05, 0) is 32.9 Å². The van der Waals surface area contributed by atoms with Gasteiger partial charge in [0, 0.05) is 32.7 Å². The molecule has 2 aromatic rings. The highest BCUT2D eigenvalue weighted by molar-refractivity contribution is 5.88. The van der Waals surface area contributed by atoms with E-state index in [1.165, 1.54) is 15.5 Å². The molecule has 1 amide bonds. The number of hydrogen-bond acceptors (Lipinski definition) is 7. The Bertz CT molecular complexity index is 1030. The number of aryl methyl sites for hydroxylation is 1. The number of rotatable bonds is 2. The quantitative estimate of drug-likeness (QED) is 0.808. The van der Waals surface area contributed by atoms with Crippen molar-refractivity contribution in [2.75, 3.05) is 31.1 Å². The first-order valence-corrected chi connectivity index (χ1v) is 9.41. The van der Waals surface area contributed by atoms with Crippen LogP contribution in [0.5, 0.6) is 0 Å². The lowest BCUT2D eigenvalue weighted by atomic mass is 10.1. The monoisotopic (exact) mass is 399 g/mol. The summed E-state index contributed by atoms with van der Waals surface area (Å²) in [4.78, 5) is 32.8. The van der Waals surface area contributed by atoms with E-state index in [1.54, 1.807) is 40.0 Å². The van der Waals surface area contributed by atoms with Crippen molar-refractivity contribution in [1.82, 2.24) is 14.5 Å². The molecule has 0 aliphatic carbocycles. The minimum Gasteiger partial charge on any atom is -0.444 e. The number of fused-ring (bicyclic) bond motifs is 1. The van der Waals surface area contributed by atoms with E-state index >= 15 is 0 Å². The van der Waals surface area contributed by atoms with Crippen molar-refractivity contribution in [2.45, 2.75) is 32.4 Å². The number of pyridine rings is 2. The molecule has 1 atom stereocenters. The van der Waals surface area contributed by atoms with Crippen molar-refractivity contribution in [2.24, 2.45) is 7.05 Å². The Balaban J connectivity index is 1.96. The third kappa shape index (κ3) is 4.17. The van der Waals surface area contributed by atoms with Gasteiger partial charge in [-0.3, -0.25) is 9.69 Å². The molecule has 1 aliphatic rings. The summed E-state index contributed by atoms with van der Waals surface area (Å²) in [6.45, 7) is 6.22. The number of carbonyl (C=O) groups is 1. The molecule has 0 radical (unpaired) electrons. The van der Waals surface area contributed by atoms with Gasteiger partial charge in [-0.15, -0.1) is 0 Å². The number of carbonyl (C=O) groups excluding carboxylic acids is 1. The number of aromatic nitrogens is 2. The summed E-state index contributed by atoms with van der Waals surface area (Å²) in [5.41, 5.74) is 1.16. The standard InChI is InChI=1S/C20H25N5O4/c1-20(2,3)29-19(28)25-8-7-24(11-14(25)12-26)16-9-17(27)23(4)15-6-5-13(10-21)22-18(15)16/h5-6,9,14,26H,7-8,11-12H2,1-4H3. The fraction of sp³-hybridized carbons (Fsp3) is 0.500. The van der Waals surface area contributed by atoms with Gasteiger partial charge >= 0.3 is 6.09 Å². The van der Waals surface area contributed by atoms with Crippen LogP contribution in [0.25, 0.3) is 11.0 Å². The fourth-order valence-corrected chi connectivity index (χ4v) is 3.41. The summed E-state index contributed by atoms with van der Waals surface area (Å²) < 4.78 is 6.92. The van der Waals surface area contributed by atoms with Crippen LogP contribution in [-0.2, 0) is 11.8 Å². The Morgan fingerprint density at radius 3 is 2.72 bits per heavy atom. The van der Waals surface area contributed by atoms with E-state index in [0.29, 0.717) is 36.4 Å². The van der Waals surface area contributed by atoms with Crippen LogP contribution in [0.3, 0.4) is 0 Å². The van der Waals surface area contributed by atoms with Crippen LogP contribution in [0.15, 0.2) is 23.0 Å². The molecule has 1 saturated heterocycles. The van der Waals surface area contributed by atoms with Crippen molar-refractivity contribution in [1.29, 1.82) is 5.26 Å². The predicted octanol–water partition coefficient (Wildman–Crippen LogP) is 1.22. The smallest absolute Gasteiger partial charge is 0.410 e. The molecule has 1 unspecified atom stereocenters. The number of hydrogen-bond donors (Lipinski definition) is 1. The SMILES string of the molecule is Cn1c(=O)cc(N2CCN(C(=O)OC(C)(C)C)C(CO)C2)c2nc(C#N)ccc21. The molecule has 0 spiro atoms. The Morgan fingerprint density at radius 2 is 2.10 bits per heavy atom. The van der Waals surface area contributed by atoms with Gasteiger partial charge in [0.25, 0.3) is 5.56 Å². The number of aliphatic hydroxyl groups excluding tert-OH is 1. The Hall–Kier alpha value is -3.12. The van der Waals surface area contributed by atoms with Crippen molar-refractivity contribution >= 4 is 22.8 Å². The molecule has 1 aliphatic heterocycles. The van der Waals surface area contributed by atoms with Crippen molar-refractivity contribution in [3.8, 4) is 6.07 Å². The topological polar surface area (TPSA) is 112 Å². The Labute approximate surface area is 168 Å². The van der Waals surface area contributed by atoms with E-state index in [0.717, 1.165) is 0 Å². The number of aliphatic hydroxyl groups is 1. The number of nitriles is 1. The molecule has 29 heavy (non-hydrogen) atoms. The van der Waals surface area contributed by atoms with Gasteiger partial charge in [0.05, 0.1) is 23.9 Å². The number of piperazine rings is 1.